The maximum absolute atomic E-state index is 11.9. The number of ether oxygens (including phenoxy) is 1. The minimum Gasteiger partial charge on any atom is -0.385 e. The third-order valence-corrected chi connectivity index (χ3v) is 3.87. The first-order valence-electron chi connectivity index (χ1n) is 6.20. The monoisotopic (exact) mass is 238 g/mol. The molecule has 0 aromatic heterocycles. The maximum Gasteiger partial charge on any atom is 0.240 e. The predicted molar refractivity (Wildman–Crippen MR) is 65.2 cm³/mol. The maximum atomic E-state index is 11.9. The van der Waals surface area contributed by atoms with Crippen molar-refractivity contribution in [2.75, 3.05) is 20.3 Å². The second kappa shape index (κ2) is 5.50. The normalized spacial score (nSPS) is 20.1. The Morgan fingerprint density at radius 1 is 1.59 bits per heavy atom. The van der Waals surface area contributed by atoms with E-state index in [9.17, 15) is 4.79 Å². The van der Waals surface area contributed by atoms with Crippen LogP contribution in [0.3, 0.4) is 0 Å². The van der Waals surface area contributed by atoms with Gasteiger partial charge in [-0.3, -0.25) is 4.79 Å². The molecule has 0 aromatic rings. The lowest BCUT2D eigenvalue weighted by Crippen LogP contribution is -2.40. The Labute approximate surface area is 103 Å². The summed E-state index contributed by atoms with van der Waals surface area (Å²) in [5, 5.41) is 11.9. The number of hydrogen-bond donors (Lipinski definition) is 1. The second-order valence-electron chi connectivity index (χ2n) is 5.22. The van der Waals surface area contributed by atoms with Crippen molar-refractivity contribution in [1.29, 1.82) is 5.26 Å². The average Bonchev–Trinajstić information content (AvgIpc) is 3.13. The van der Waals surface area contributed by atoms with Crippen molar-refractivity contribution in [3.8, 4) is 6.07 Å². The van der Waals surface area contributed by atoms with E-state index in [1.165, 1.54) is 0 Å². The number of carbonyl (C=O) groups is 1. The summed E-state index contributed by atoms with van der Waals surface area (Å²) >= 11 is 0. The lowest BCUT2D eigenvalue weighted by Gasteiger charge is -2.21. The van der Waals surface area contributed by atoms with Crippen molar-refractivity contribution in [2.24, 2.45) is 10.8 Å². The highest BCUT2D eigenvalue weighted by atomic mass is 16.5. The molecule has 0 spiro atoms. The first kappa shape index (κ1) is 14.0. The van der Waals surface area contributed by atoms with Crippen LogP contribution in [-0.2, 0) is 9.53 Å². The number of carbonyl (C=O) groups excluding carboxylic acids is 1. The molecule has 0 radical (unpaired) electrons. The molecule has 0 aromatic carbocycles. The molecule has 4 nitrogen and oxygen atoms in total. The summed E-state index contributed by atoms with van der Waals surface area (Å²) in [5.74, 6) is -0.147. The van der Waals surface area contributed by atoms with Gasteiger partial charge in [0, 0.05) is 20.3 Å². The molecule has 96 valence electrons. The third kappa shape index (κ3) is 3.44. The molecule has 0 saturated heterocycles. The topological polar surface area (TPSA) is 62.1 Å². The van der Waals surface area contributed by atoms with Gasteiger partial charge in [0.25, 0.3) is 0 Å². The lowest BCUT2D eigenvalue weighted by molar-refractivity contribution is -0.127. The quantitative estimate of drug-likeness (QED) is 0.736. The Balaban J connectivity index is 2.41. The molecule has 1 rings (SSSR count). The Bertz CT molecular complexity index is 318. The van der Waals surface area contributed by atoms with E-state index in [1.807, 2.05) is 6.92 Å². The molecule has 1 unspecified atom stereocenters. The zero-order valence-electron chi connectivity index (χ0n) is 11.0. The molecule has 1 aliphatic rings. The lowest BCUT2D eigenvalue weighted by atomic mass is 9.88. The summed E-state index contributed by atoms with van der Waals surface area (Å²) in [5.41, 5.74) is -0.660. The van der Waals surface area contributed by atoms with Gasteiger partial charge in [0.05, 0.1) is 6.07 Å². The van der Waals surface area contributed by atoms with Crippen molar-refractivity contribution < 1.29 is 9.53 Å². The molecule has 1 amide bonds. The molecule has 1 saturated carbocycles. The van der Waals surface area contributed by atoms with Crippen LogP contribution >= 0.6 is 0 Å². The molecular weight excluding hydrogens is 216 g/mol. The largest absolute Gasteiger partial charge is 0.385 e. The highest BCUT2D eigenvalue weighted by molar-refractivity contribution is 5.84. The fourth-order valence-corrected chi connectivity index (χ4v) is 1.76. The average molecular weight is 238 g/mol. The van der Waals surface area contributed by atoms with Gasteiger partial charge in [-0.15, -0.1) is 0 Å². The number of rotatable bonds is 7. The Morgan fingerprint density at radius 3 is 2.65 bits per heavy atom. The Morgan fingerprint density at radius 2 is 2.24 bits per heavy atom. The molecule has 1 fully saturated rings. The summed E-state index contributed by atoms with van der Waals surface area (Å²) in [4.78, 5) is 11.9. The van der Waals surface area contributed by atoms with Crippen LogP contribution in [0.2, 0.25) is 0 Å². The van der Waals surface area contributed by atoms with Crippen LogP contribution in [0.4, 0.5) is 0 Å². The van der Waals surface area contributed by atoms with Crippen LogP contribution in [0.1, 0.15) is 39.5 Å². The van der Waals surface area contributed by atoms with Crippen molar-refractivity contribution in [1.82, 2.24) is 5.32 Å². The van der Waals surface area contributed by atoms with Crippen molar-refractivity contribution >= 4 is 5.91 Å². The van der Waals surface area contributed by atoms with E-state index in [1.54, 1.807) is 14.0 Å². The van der Waals surface area contributed by atoms with E-state index in [0.717, 1.165) is 25.9 Å². The van der Waals surface area contributed by atoms with Crippen molar-refractivity contribution in [3.63, 3.8) is 0 Å². The Kier molecular flexibility index (Phi) is 4.53. The number of hydrogen-bond acceptors (Lipinski definition) is 3. The van der Waals surface area contributed by atoms with Crippen molar-refractivity contribution in [2.45, 2.75) is 39.5 Å². The van der Waals surface area contributed by atoms with E-state index in [4.69, 9.17) is 10.00 Å². The van der Waals surface area contributed by atoms with Gasteiger partial charge in [-0.25, -0.2) is 0 Å². The van der Waals surface area contributed by atoms with Crippen LogP contribution < -0.4 is 5.32 Å². The SMILES string of the molecule is CCC(C)(C#N)C(=O)NCC1(CCOC)CC1. The second-order valence-corrected chi connectivity index (χ2v) is 5.22. The zero-order valence-corrected chi connectivity index (χ0v) is 11.0. The van der Waals surface area contributed by atoms with Crippen LogP contribution in [-0.4, -0.2) is 26.2 Å². The zero-order chi connectivity index (χ0) is 12.9. The fraction of sp³-hybridized carbons (Fsp3) is 0.846. The highest BCUT2D eigenvalue weighted by Gasteiger charge is 2.43. The minimum absolute atomic E-state index is 0.147. The number of nitrogens with one attached hydrogen (secondary N) is 1. The van der Waals surface area contributed by atoms with Gasteiger partial charge in [-0.05, 0) is 38.0 Å². The molecule has 1 aliphatic carbocycles. The summed E-state index contributed by atoms with van der Waals surface area (Å²) in [7, 11) is 1.69. The van der Waals surface area contributed by atoms with Gasteiger partial charge in [0.15, 0.2) is 0 Å². The smallest absolute Gasteiger partial charge is 0.240 e. The number of methoxy groups -OCH3 is 1. The fourth-order valence-electron chi connectivity index (χ4n) is 1.76. The third-order valence-electron chi connectivity index (χ3n) is 3.87. The molecule has 17 heavy (non-hydrogen) atoms. The van der Waals surface area contributed by atoms with Crippen LogP contribution in [0, 0.1) is 22.2 Å². The van der Waals surface area contributed by atoms with E-state index in [0.29, 0.717) is 13.0 Å². The first-order chi connectivity index (χ1) is 8.02. The van der Waals surface area contributed by atoms with Gasteiger partial charge in [-0.1, -0.05) is 6.92 Å². The van der Waals surface area contributed by atoms with Gasteiger partial charge in [0.2, 0.25) is 5.91 Å². The van der Waals surface area contributed by atoms with E-state index >= 15 is 0 Å². The molecule has 4 heteroatoms. The van der Waals surface area contributed by atoms with Gasteiger partial charge in [0.1, 0.15) is 5.41 Å². The molecular formula is C13H22N2O2. The van der Waals surface area contributed by atoms with E-state index < -0.39 is 5.41 Å². The summed E-state index contributed by atoms with van der Waals surface area (Å²) in [6.45, 7) is 4.96. The molecule has 0 bridgehead atoms. The van der Waals surface area contributed by atoms with Crippen LogP contribution in [0.25, 0.3) is 0 Å². The van der Waals surface area contributed by atoms with Gasteiger partial charge >= 0.3 is 0 Å². The summed E-state index contributed by atoms with van der Waals surface area (Å²) in [6.07, 6.45) is 3.82. The molecule has 0 heterocycles. The van der Waals surface area contributed by atoms with Crippen molar-refractivity contribution in [3.05, 3.63) is 0 Å². The highest BCUT2D eigenvalue weighted by Crippen LogP contribution is 2.48. The Hall–Kier alpha value is -1.08. The number of nitriles is 1. The number of nitrogens with zero attached hydrogens (tertiary/aromatic N) is 1. The summed E-state index contributed by atoms with van der Waals surface area (Å²) in [6, 6.07) is 2.09. The standard InChI is InChI=1S/C13H22N2O2/c1-4-12(2,9-14)11(16)15-10-13(5-6-13)7-8-17-3/h4-8,10H2,1-3H3,(H,15,16). The summed E-state index contributed by atoms with van der Waals surface area (Å²) < 4.78 is 5.07. The van der Waals surface area contributed by atoms with E-state index in [-0.39, 0.29) is 11.3 Å². The van der Waals surface area contributed by atoms with Gasteiger partial charge in [-0.2, -0.15) is 5.26 Å². The molecule has 1 N–H and O–H groups in total. The predicted octanol–water partition coefficient (Wildman–Crippen LogP) is 1.86. The van der Waals surface area contributed by atoms with Crippen LogP contribution in [0.5, 0.6) is 0 Å². The first-order valence-corrected chi connectivity index (χ1v) is 6.20. The minimum atomic E-state index is -0.892. The van der Waals surface area contributed by atoms with E-state index in [2.05, 4.69) is 11.4 Å². The molecule has 0 aliphatic heterocycles. The van der Waals surface area contributed by atoms with Gasteiger partial charge < -0.3 is 10.1 Å². The number of amides is 1. The van der Waals surface area contributed by atoms with Crippen LogP contribution in [0.15, 0.2) is 0 Å². The molecule has 1 atom stereocenters.